The first kappa shape index (κ1) is 9.99. The Morgan fingerprint density at radius 2 is 1.95 bits per heavy atom. The fraction of sp³-hybridized carbons (Fsp3) is 0.222. The minimum Gasteiger partial charge on any atom is -0.360 e. The first-order valence-corrected chi connectivity index (χ1v) is 6.99. The maximum Gasteiger partial charge on any atom is 0.110 e. The molecule has 2 unspecified atom stereocenters. The van der Waals surface area contributed by atoms with E-state index < -0.39 is 0 Å². The van der Waals surface area contributed by atoms with Crippen LogP contribution in [0.2, 0.25) is 0 Å². The molecule has 0 amide bonds. The predicted molar refractivity (Wildman–Crippen MR) is 77.0 cm³/mol. The molecule has 2 atom stereocenters. The highest BCUT2D eigenvalue weighted by Gasteiger charge is 2.44. The molecule has 1 heteroatoms. The minimum atomic E-state index is 0.376. The summed E-state index contributed by atoms with van der Waals surface area (Å²) in [6.45, 7) is 0. The number of benzene rings is 2. The van der Waals surface area contributed by atoms with Crippen LogP contribution in [0.5, 0.6) is 0 Å². The van der Waals surface area contributed by atoms with Gasteiger partial charge in [-0.25, -0.2) is 0 Å². The summed E-state index contributed by atoms with van der Waals surface area (Å²) in [5.41, 5.74) is 5.88. The van der Waals surface area contributed by atoms with Crippen LogP contribution < -0.4 is 0 Å². The summed E-state index contributed by atoms with van der Waals surface area (Å²) < 4.78 is 5.71. The summed E-state index contributed by atoms with van der Waals surface area (Å²) >= 11 is 0. The van der Waals surface area contributed by atoms with Crippen molar-refractivity contribution in [3.05, 3.63) is 65.3 Å². The molecule has 1 saturated heterocycles. The van der Waals surface area contributed by atoms with Gasteiger partial charge in [0.25, 0.3) is 0 Å². The van der Waals surface area contributed by atoms with E-state index in [0.717, 1.165) is 12.8 Å². The Bertz CT molecular complexity index is 766. The fourth-order valence-corrected chi connectivity index (χ4v) is 3.66. The van der Waals surface area contributed by atoms with E-state index in [4.69, 9.17) is 4.74 Å². The number of hydrogen-bond acceptors (Lipinski definition) is 1. The second-order valence-corrected chi connectivity index (χ2v) is 5.63. The Morgan fingerprint density at radius 3 is 2.95 bits per heavy atom. The number of ether oxygens (including phenoxy) is 1. The summed E-state index contributed by atoms with van der Waals surface area (Å²) in [5, 5.41) is 2.77. The Morgan fingerprint density at radius 1 is 1.00 bits per heavy atom. The van der Waals surface area contributed by atoms with Gasteiger partial charge in [-0.1, -0.05) is 48.6 Å². The number of allylic oxidation sites excluding steroid dienone is 2. The molecule has 1 aliphatic heterocycles. The van der Waals surface area contributed by atoms with Crippen molar-refractivity contribution in [2.45, 2.75) is 25.0 Å². The van der Waals surface area contributed by atoms with E-state index >= 15 is 0 Å². The van der Waals surface area contributed by atoms with E-state index in [2.05, 4.69) is 48.6 Å². The van der Waals surface area contributed by atoms with Crippen LogP contribution in [-0.2, 0) is 11.2 Å². The van der Waals surface area contributed by atoms with E-state index in [1.54, 1.807) is 0 Å². The monoisotopic (exact) mass is 246 g/mol. The number of rotatable bonds is 0. The van der Waals surface area contributed by atoms with Gasteiger partial charge in [0.05, 0.1) is 0 Å². The molecule has 1 heterocycles. The van der Waals surface area contributed by atoms with Gasteiger partial charge in [-0.05, 0) is 45.9 Å². The van der Waals surface area contributed by atoms with Crippen LogP contribution in [-0.4, -0.2) is 12.2 Å². The standard InChI is InChI=1S/C18H14O/c1-2-4-12-11(3-1)5-6-14-13(12)7-8-16-15(14)9-10-17-18(16)19-17/h1-6,9-10,17-18H,7-8H2. The minimum absolute atomic E-state index is 0.376. The zero-order valence-electron chi connectivity index (χ0n) is 10.6. The molecule has 5 rings (SSSR count). The Labute approximate surface area is 112 Å². The molecule has 19 heavy (non-hydrogen) atoms. The zero-order chi connectivity index (χ0) is 12.4. The average molecular weight is 246 g/mol. The summed E-state index contributed by atoms with van der Waals surface area (Å²) in [7, 11) is 0. The van der Waals surface area contributed by atoms with Gasteiger partial charge in [0.15, 0.2) is 0 Å². The van der Waals surface area contributed by atoms with Crippen molar-refractivity contribution in [3.63, 3.8) is 0 Å². The van der Waals surface area contributed by atoms with Gasteiger partial charge in [0.1, 0.15) is 12.2 Å². The molecule has 2 aromatic carbocycles. The molecule has 0 saturated carbocycles. The molecule has 1 fully saturated rings. The van der Waals surface area contributed by atoms with E-state index in [1.807, 2.05) is 0 Å². The van der Waals surface area contributed by atoms with Crippen molar-refractivity contribution >= 4 is 16.3 Å². The van der Waals surface area contributed by atoms with Gasteiger partial charge in [0.2, 0.25) is 0 Å². The lowest BCUT2D eigenvalue weighted by molar-refractivity contribution is 0.405. The summed E-state index contributed by atoms with van der Waals surface area (Å²) in [6.07, 6.45) is 7.56. The second kappa shape index (κ2) is 3.37. The highest BCUT2D eigenvalue weighted by molar-refractivity contribution is 5.94. The second-order valence-electron chi connectivity index (χ2n) is 5.63. The topological polar surface area (TPSA) is 12.5 Å². The average Bonchev–Trinajstić information content (AvgIpc) is 3.26. The van der Waals surface area contributed by atoms with Crippen LogP contribution >= 0.6 is 0 Å². The Kier molecular flexibility index (Phi) is 1.77. The molecule has 0 aromatic heterocycles. The molecular formula is C18H14O. The lowest BCUT2D eigenvalue weighted by atomic mass is 9.79. The zero-order valence-corrected chi connectivity index (χ0v) is 10.6. The van der Waals surface area contributed by atoms with Crippen molar-refractivity contribution in [1.82, 2.24) is 0 Å². The highest BCUT2D eigenvalue weighted by Crippen LogP contribution is 2.46. The van der Waals surface area contributed by atoms with Crippen molar-refractivity contribution in [2.75, 3.05) is 0 Å². The highest BCUT2D eigenvalue weighted by atomic mass is 16.6. The largest absolute Gasteiger partial charge is 0.360 e. The third-order valence-corrected chi connectivity index (χ3v) is 4.64. The van der Waals surface area contributed by atoms with Gasteiger partial charge < -0.3 is 4.74 Å². The number of aryl methyl sites for hydroxylation is 1. The predicted octanol–water partition coefficient (Wildman–Crippen LogP) is 3.88. The number of fused-ring (bicyclic) bond motifs is 6. The van der Waals surface area contributed by atoms with Gasteiger partial charge in [-0.3, -0.25) is 0 Å². The lowest BCUT2D eigenvalue weighted by Gasteiger charge is -2.24. The quantitative estimate of drug-likeness (QED) is 0.643. The van der Waals surface area contributed by atoms with Crippen LogP contribution in [0, 0.1) is 0 Å². The first-order valence-electron chi connectivity index (χ1n) is 6.99. The number of epoxide rings is 1. The van der Waals surface area contributed by atoms with Crippen molar-refractivity contribution in [2.24, 2.45) is 0 Å². The normalized spacial score (nSPS) is 26.9. The molecule has 0 spiro atoms. The maximum absolute atomic E-state index is 5.71. The Hall–Kier alpha value is -1.86. The molecule has 0 radical (unpaired) electrons. The summed E-state index contributed by atoms with van der Waals surface area (Å²) in [6, 6.07) is 13.3. The third kappa shape index (κ3) is 1.28. The molecule has 0 N–H and O–H groups in total. The maximum atomic E-state index is 5.71. The van der Waals surface area contributed by atoms with Crippen molar-refractivity contribution in [1.29, 1.82) is 0 Å². The van der Waals surface area contributed by atoms with Crippen LogP contribution in [0.3, 0.4) is 0 Å². The van der Waals surface area contributed by atoms with E-state index in [0.29, 0.717) is 12.2 Å². The molecule has 3 aliphatic rings. The van der Waals surface area contributed by atoms with Gasteiger partial charge in [0, 0.05) is 0 Å². The van der Waals surface area contributed by atoms with Crippen molar-refractivity contribution < 1.29 is 4.74 Å². The summed E-state index contributed by atoms with van der Waals surface area (Å²) in [4.78, 5) is 0. The smallest absolute Gasteiger partial charge is 0.110 e. The molecule has 2 aromatic rings. The summed E-state index contributed by atoms with van der Waals surface area (Å²) in [5.74, 6) is 0. The molecule has 92 valence electrons. The fourth-order valence-electron chi connectivity index (χ4n) is 3.66. The van der Waals surface area contributed by atoms with Crippen molar-refractivity contribution in [3.8, 4) is 0 Å². The third-order valence-electron chi connectivity index (χ3n) is 4.64. The SMILES string of the molecule is C1=CC2OC2C2=C1c1ccc3ccccc3c1CC2. The van der Waals surface area contributed by atoms with Gasteiger partial charge in [-0.15, -0.1) is 0 Å². The van der Waals surface area contributed by atoms with Gasteiger partial charge in [-0.2, -0.15) is 0 Å². The molecule has 0 bridgehead atoms. The van der Waals surface area contributed by atoms with E-state index in [1.165, 1.54) is 33.0 Å². The number of hydrogen-bond donors (Lipinski definition) is 0. The molecule has 2 aliphatic carbocycles. The molecule has 1 nitrogen and oxygen atoms in total. The van der Waals surface area contributed by atoms with E-state index in [-0.39, 0.29) is 0 Å². The first-order chi connectivity index (χ1) is 9.42. The van der Waals surface area contributed by atoms with Crippen LogP contribution in [0.1, 0.15) is 17.5 Å². The van der Waals surface area contributed by atoms with E-state index in [9.17, 15) is 0 Å². The molecular weight excluding hydrogens is 232 g/mol. The van der Waals surface area contributed by atoms with Crippen LogP contribution in [0.25, 0.3) is 16.3 Å². The van der Waals surface area contributed by atoms with Crippen LogP contribution in [0.4, 0.5) is 0 Å². The lowest BCUT2D eigenvalue weighted by Crippen LogP contribution is -2.12. The Balaban J connectivity index is 1.81. The van der Waals surface area contributed by atoms with Gasteiger partial charge >= 0.3 is 0 Å². The van der Waals surface area contributed by atoms with Crippen LogP contribution in [0.15, 0.2) is 54.1 Å².